The molecule has 0 amide bonds. The molecule has 3 rings (SSSR count). The van der Waals surface area contributed by atoms with E-state index in [0.29, 0.717) is 0 Å². The Bertz CT molecular complexity index is 722. The lowest BCUT2D eigenvalue weighted by Crippen LogP contribution is -1.86. The highest BCUT2D eigenvalue weighted by atomic mass is 14.7. The van der Waals surface area contributed by atoms with Gasteiger partial charge in [-0.15, -0.1) is 0 Å². The van der Waals surface area contributed by atoms with Crippen LogP contribution in [-0.4, -0.2) is 11.2 Å². The first-order valence-electron chi connectivity index (χ1n) is 6.27. The van der Waals surface area contributed by atoms with E-state index in [0.717, 1.165) is 22.2 Å². The van der Waals surface area contributed by atoms with Crippen molar-refractivity contribution in [2.24, 2.45) is 4.99 Å². The number of rotatable bonds is 2. The Morgan fingerprint density at radius 1 is 0.947 bits per heavy atom. The molecule has 0 radical (unpaired) electrons. The third kappa shape index (κ3) is 2.52. The van der Waals surface area contributed by atoms with E-state index in [4.69, 9.17) is 0 Å². The van der Waals surface area contributed by atoms with E-state index in [1.54, 1.807) is 0 Å². The zero-order valence-electron chi connectivity index (χ0n) is 10.7. The first-order valence-corrected chi connectivity index (χ1v) is 6.27. The molecule has 1 aromatic heterocycles. The number of hydrogen-bond donors (Lipinski definition) is 0. The molecular weight excluding hydrogens is 232 g/mol. The second-order valence-electron chi connectivity index (χ2n) is 4.52. The number of aryl methyl sites for hydroxylation is 1. The summed E-state index contributed by atoms with van der Waals surface area (Å²) in [6.45, 7) is 2.07. The van der Waals surface area contributed by atoms with Crippen LogP contribution in [0, 0.1) is 6.92 Å². The number of aliphatic imine (C=N–C) groups is 1. The fraction of sp³-hybridized carbons (Fsp3) is 0.0588. The van der Waals surface area contributed by atoms with Gasteiger partial charge in [-0.2, -0.15) is 0 Å². The minimum atomic E-state index is 0.957. The van der Waals surface area contributed by atoms with Crippen molar-refractivity contribution in [1.29, 1.82) is 0 Å². The zero-order valence-corrected chi connectivity index (χ0v) is 10.7. The Morgan fingerprint density at radius 3 is 2.58 bits per heavy atom. The molecule has 0 bridgehead atoms. The van der Waals surface area contributed by atoms with Gasteiger partial charge in [-0.3, -0.25) is 9.98 Å². The molecule has 2 heteroatoms. The second kappa shape index (κ2) is 5.02. The molecule has 0 spiro atoms. The molecular formula is C17H14N2. The van der Waals surface area contributed by atoms with Crippen molar-refractivity contribution in [1.82, 2.24) is 4.98 Å². The SMILES string of the molecule is Cc1ccc(N=Cc2cccc3cccnc23)cc1. The molecule has 19 heavy (non-hydrogen) atoms. The average Bonchev–Trinajstić information content (AvgIpc) is 2.47. The molecule has 0 fully saturated rings. The van der Waals surface area contributed by atoms with Gasteiger partial charge in [0, 0.05) is 23.4 Å². The number of benzene rings is 2. The molecule has 0 unspecified atom stereocenters. The molecule has 3 aromatic rings. The quantitative estimate of drug-likeness (QED) is 0.619. The maximum atomic E-state index is 4.50. The van der Waals surface area contributed by atoms with Crippen molar-refractivity contribution < 1.29 is 0 Å². The molecule has 0 atom stereocenters. The fourth-order valence-corrected chi connectivity index (χ4v) is 2.01. The highest BCUT2D eigenvalue weighted by molar-refractivity contribution is 5.98. The first-order chi connectivity index (χ1) is 9.33. The van der Waals surface area contributed by atoms with Gasteiger partial charge in [-0.1, -0.05) is 42.0 Å². The lowest BCUT2D eigenvalue weighted by atomic mass is 10.1. The predicted octanol–water partition coefficient (Wildman–Crippen LogP) is 4.29. The molecule has 2 nitrogen and oxygen atoms in total. The van der Waals surface area contributed by atoms with Crippen LogP contribution in [0.2, 0.25) is 0 Å². The molecule has 1 heterocycles. The zero-order chi connectivity index (χ0) is 13.1. The van der Waals surface area contributed by atoms with Crippen LogP contribution in [-0.2, 0) is 0 Å². The molecule has 92 valence electrons. The van der Waals surface area contributed by atoms with E-state index >= 15 is 0 Å². The smallest absolute Gasteiger partial charge is 0.0789 e. The average molecular weight is 246 g/mol. The number of nitrogens with zero attached hydrogens (tertiary/aromatic N) is 2. The van der Waals surface area contributed by atoms with Crippen LogP contribution < -0.4 is 0 Å². The number of para-hydroxylation sites is 1. The van der Waals surface area contributed by atoms with Crippen molar-refractivity contribution in [2.45, 2.75) is 6.92 Å². The third-order valence-corrected chi connectivity index (χ3v) is 3.05. The molecule has 0 aliphatic rings. The third-order valence-electron chi connectivity index (χ3n) is 3.05. The summed E-state index contributed by atoms with van der Waals surface area (Å²) in [5.41, 5.74) is 4.23. The molecule has 0 aliphatic carbocycles. The minimum absolute atomic E-state index is 0.957. The van der Waals surface area contributed by atoms with E-state index < -0.39 is 0 Å². The number of fused-ring (bicyclic) bond motifs is 1. The van der Waals surface area contributed by atoms with Gasteiger partial charge in [0.05, 0.1) is 11.2 Å². The lowest BCUT2D eigenvalue weighted by Gasteiger charge is -2.00. The first kappa shape index (κ1) is 11.6. The molecule has 0 saturated carbocycles. The van der Waals surface area contributed by atoms with Gasteiger partial charge in [0.15, 0.2) is 0 Å². The highest BCUT2D eigenvalue weighted by Crippen LogP contribution is 2.16. The summed E-state index contributed by atoms with van der Waals surface area (Å²) in [5.74, 6) is 0. The maximum absolute atomic E-state index is 4.50. The largest absolute Gasteiger partial charge is 0.256 e. The van der Waals surface area contributed by atoms with Crippen LogP contribution >= 0.6 is 0 Å². The van der Waals surface area contributed by atoms with Crippen LogP contribution in [0.4, 0.5) is 5.69 Å². The van der Waals surface area contributed by atoms with Gasteiger partial charge >= 0.3 is 0 Å². The van der Waals surface area contributed by atoms with Gasteiger partial charge in [-0.05, 0) is 25.1 Å². The molecule has 2 aromatic carbocycles. The van der Waals surface area contributed by atoms with Crippen molar-refractivity contribution in [2.75, 3.05) is 0 Å². The van der Waals surface area contributed by atoms with E-state index in [1.165, 1.54) is 5.56 Å². The van der Waals surface area contributed by atoms with Crippen LogP contribution in [0.5, 0.6) is 0 Å². The highest BCUT2D eigenvalue weighted by Gasteiger charge is 1.98. The molecule has 0 aliphatic heterocycles. The van der Waals surface area contributed by atoms with E-state index in [-0.39, 0.29) is 0 Å². The monoisotopic (exact) mass is 246 g/mol. The van der Waals surface area contributed by atoms with E-state index in [1.807, 2.05) is 42.7 Å². The summed E-state index contributed by atoms with van der Waals surface area (Å²) in [6.07, 6.45) is 3.69. The summed E-state index contributed by atoms with van der Waals surface area (Å²) in [7, 11) is 0. The second-order valence-corrected chi connectivity index (χ2v) is 4.52. The summed E-state index contributed by atoms with van der Waals surface area (Å²) < 4.78 is 0. The Balaban J connectivity index is 1.99. The Morgan fingerprint density at radius 2 is 1.74 bits per heavy atom. The summed E-state index contributed by atoms with van der Waals surface area (Å²) in [4.78, 5) is 8.92. The Kier molecular flexibility index (Phi) is 3.07. The van der Waals surface area contributed by atoms with Gasteiger partial charge in [0.1, 0.15) is 0 Å². The maximum Gasteiger partial charge on any atom is 0.0789 e. The lowest BCUT2D eigenvalue weighted by molar-refractivity contribution is 1.40. The summed E-state index contributed by atoms with van der Waals surface area (Å²) >= 11 is 0. The number of pyridine rings is 1. The van der Waals surface area contributed by atoms with E-state index in [2.05, 4.69) is 41.2 Å². The number of hydrogen-bond acceptors (Lipinski definition) is 2. The van der Waals surface area contributed by atoms with Crippen molar-refractivity contribution in [3.8, 4) is 0 Å². The van der Waals surface area contributed by atoms with Crippen LogP contribution in [0.1, 0.15) is 11.1 Å². The minimum Gasteiger partial charge on any atom is -0.256 e. The summed E-state index contributed by atoms with van der Waals surface area (Å²) in [6, 6.07) is 18.3. The standard InChI is InChI=1S/C17H14N2/c1-13-7-9-16(10-8-13)19-12-15-5-2-4-14-6-3-11-18-17(14)15/h2-12H,1H3. The normalized spacial score (nSPS) is 11.2. The molecule has 0 N–H and O–H groups in total. The van der Waals surface area contributed by atoms with E-state index in [9.17, 15) is 0 Å². The predicted molar refractivity (Wildman–Crippen MR) is 80.2 cm³/mol. The van der Waals surface area contributed by atoms with Crippen LogP contribution in [0.15, 0.2) is 65.8 Å². The van der Waals surface area contributed by atoms with Crippen molar-refractivity contribution in [3.05, 3.63) is 71.9 Å². The van der Waals surface area contributed by atoms with Crippen molar-refractivity contribution >= 4 is 22.8 Å². The Hall–Kier alpha value is -2.48. The van der Waals surface area contributed by atoms with Crippen LogP contribution in [0.25, 0.3) is 10.9 Å². The molecule has 0 saturated heterocycles. The summed E-state index contributed by atoms with van der Waals surface area (Å²) in [5, 5.41) is 1.13. The van der Waals surface area contributed by atoms with Crippen molar-refractivity contribution in [3.63, 3.8) is 0 Å². The van der Waals surface area contributed by atoms with Crippen LogP contribution in [0.3, 0.4) is 0 Å². The van der Waals surface area contributed by atoms with Gasteiger partial charge in [0.25, 0.3) is 0 Å². The van der Waals surface area contributed by atoms with Gasteiger partial charge in [0.2, 0.25) is 0 Å². The van der Waals surface area contributed by atoms with Gasteiger partial charge in [-0.25, -0.2) is 0 Å². The number of aromatic nitrogens is 1. The fourth-order valence-electron chi connectivity index (χ4n) is 2.01. The Labute approximate surface area is 112 Å². The van der Waals surface area contributed by atoms with Gasteiger partial charge < -0.3 is 0 Å². The topological polar surface area (TPSA) is 25.2 Å².